The molecule has 0 aromatic heterocycles. The van der Waals surface area contributed by atoms with E-state index in [2.05, 4.69) is 12.2 Å². The van der Waals surface area contributed by atoms with E-state index in [0.29, 0.717) is 24.7 Å². The zero-order valence-electron chi connectivity index (χ0n) is 14.8. The summed E-state index contributed by atoms with van der Waals surface area (Å²) in [6.07, 6.45) is 2.16. The summed E-state index contributed by atoms with van der Waals surface area (Å²) in [7, 11) is 3.30. The molecule has 24 heavy (non-hydrogen) atoms. The Bertz CT molecular complexity index is 530. The Balaban J connectivity index is 1.89. The van der Waals surface area contributed by atoms with Crippen molar-refractivity contribution in [3.8, 4) is 11.5 Å². The largest absolute Gasteiger partial charge is 0.493 e. The zero-order valence-corrected chi connectivity index (χ0v) is 14.8. The predicted molar refractivity (Wildman–Crippen MR) is 92.5 cm³/mol. The summed E-state index contributed by atoms with van der Waals surface area (Å²) in [4.78, 5) is 13.9. The third kappa shape index (κ3) is 5.39. The van der Waals surface area contributed by atoms with Crippen LogP contribution in [0.15, 0.2) is 18.2 Å². The normalized spacial score (nSPS) is 15.4. The van der Waals surface area contributed by atoms with Crippen molar-refractivity contribution in [3.05, 3.63) is 23.8 Å². The highest BCUT2D eigenvalue weighted by Crippen LogP contribution is 2.28. The lowest BCUT2D eigenvalue weighted by atomic mass is 10.2. The molecule has 1 aliphatic heterocycles. The molecule has 2 rings (SSSR count). The molecular formula is C18H28N2O4. The van der Waals surface area contributed by atoms with Gasteiger partial charge in [0.1, 0.15) is 0 Å². The van der Waals surface area contributed by atoms with Crippen molar-refractivity contribution in [1.82, 2.24) is 10.2 Å². The van der Waals surface area contributed by atoms with Crippen LogP contribution in [0.25, 0.3) is 0 Å². The number of likely N-dealkylation sites (tertiary alicyclic amines) is 1. The summed E-state index contributed by atoms with van der Waals surface area (Å²) in [6, 6.07) is 6.04. The fourth-order valence-corrected chi connectivity index (χ4v) is 2.74. The van der Waals surface area contributed by atoms with E-state index < -0.39 is 0 Å². The number of amides is 1. The van der Waals surface area contributed by atoms with E-state index in [9.17, 15) is 4.79 Å². The van der Waals surface area contributed by atoms with Gasteiger partial charge in [-0.1, -0.05) is 6.07 Å². The van der Waals surface area contributed by atoms with Gasteiger partial charge in [-0.15, -0.1) is 0 Å². The van der Waals surface area contributed by atoms with Gasteiger partial charge in [0.2, 0.25) is 0 Å². The molecule has 1 aliphatic rings. The van der Waals surface area contributed by atoms with E-state index in [1.54, 1.807) is 14.2 Å². The molecule has 134 valence electrons. The third-order valence-electron chi connectivity index (χ3n) is 4.11. The number of hydrogen-bond donors (Lipinski definition) is 1. The van der Waals surface area contributed by atoms with E-state index in [4.69, 9.17) is 14.2 Å². The molecule has 6 heteroatoms. The lowest BCUT2D eigenvalue weighted by Gasteiger charge is -2.17. The highest BCUT2D eigenvalue weighted by molar-refractivity contribution is 5.78. The number of rotatable bonds is 9. The van der Waals surface area contributed by atoms with Crippen molar-refractivity contribution in [2.45, 2.75) is 32.4 Å². The van der Waals surface area contributed by atoms with Gasteiger partial charge in [-0.05, 0) is 37.5 Å². The van der Waals surface area contributed by atoms with E-state index in [1.165, 1.54) is 0 Å². The van der Waals surface area contributed by atoms with Crippen LogP contribution in [0.2, 0.25) is 0 Å². The van der Waals surface area contributed by atoms with Crippen molar-refractivity contribution in [2.24, 2.45) is 0 Å². The first-order chi connectivity index (χ1) is 11.6. The number of hydrogen-bond acceptors (Lipinski definition) is 5. The average molecular weight is 336 g/mol. The molecule has 1 amide bonds. The van der Waals surface area contributed by atoms with Crippen LogP contribution in [0.1, 0.15) is 25.3 Å². The molecule has 6 nitrogen and oxygen atoms in total. The second-order valence-electron chi connectivity index (χ2n) is 6.10. The van der Waals surface area contributed by atoms with Gasteiger partial charge in [-0.2, -0.15) is 0 Å². The van der Waals surface area contributed by atoms with Gasteiger partial charge in [0.15, 0.2) is 18.1 Å². The van der Waals surface area contributed by atoms with Crippen LogP contribution in [0.3, 0.4) is 0 Å². The van der Waals surface area contributed by atoms with Gasteiger partial charge < -0.3 is 24.4 Å². The average Bonchev–Trinajstić information content (AvgIpc) is 3.13. The summed E-state index contributed by atoms with van der Waals surface area (Å²) >= 11 is 0. The highest BCUT2D eigenvalue weighted by atomic mass is 16.5. The number of nitrogens with one attached hydrogen (secondary N) is 1. The lowest BCUT2D eigenvalue weighted by molar-refractivity contribution is -0.132. The fourth-order valence-electron chi connectivity index (χ4n) is 2.74. The number of benzene rings is 1. The number of nitrogens with zero attached hydrogens (tertiary/aromatic N) is 1. The molecule has 0 bridgehead atoms. The molecule has 0 saturated carbocycles. The molecule has 1 heterocycles. The molecule has 1 N–H and O–H groups in total. The van der Waals surface area contributed by atoms with Crippen LogP contribution in [0, 0.1) is 0 Å². The number of carbonyl (C=O) groups is 1. The molecule has 1 atom stereocenters. The minimum Gasteiger partial charge on any atom is -0.493 e. The Labute approximate surface area is 144 Å². The second-order valence-corrected chi connectivity index (χ2v) is 6.10. The van der Waals surface area contributed by atoms with Gasteiger partial charge in [0, 0.05) is 32.8 Å². The maximum atomic E-state index is 12.1. The Hall–Kier alpha value is -1.79. The summed E-state index contributed by atoms with van der Waals surface area (Å²) in [5.41, 5.74) is 1.09. The first-order valence-electron chi connectivity index (χ1n) is 8.44. The molecule has 1 aromatic rings. The maximum absolute atomic E-state index is 12.1. The standard InChI is InChI=1S/C18H28N2O4/c1-14(12-22-2)19-11-15-6-7-16(17(10-15)23-3)24-13-18(21)20-8-4-5-9-20/h6-7,10,14,19H,4-5,8-9,11-13H2,1-3H3. The fraction of sp³-hybridized carbons (Fsp3) is 0.611. The predicted octanol–water partition coefficient (Wildman–Crippen LogP) is 1.82. The molecule has 0 spiro atoms. The van der Waals surface area contributed by atoms with Crippen molar-refractivity contribution in [1.29, 1.82) is 0 Å². The van der Waals surface area contributed by atoms with Gasteiger partial charge in [-0.25, -0.2) is 0 Å². The van der Waals surface area contributed by atoms with Gasteiger partial charge in [0.05, 0.1) is 13.7 Å². The van der Waals surface area contributed by atoms with E-state index in [-0.39, 0.29) is 18.6 Å². The molecular weight excluding hydrogens is 308 g/mol. The van der Waals surface area contributed by atoms with Crippen molar-refractivity contribution in [2.75, 3.05) is 40.5 Å². The van der Waals surface area contributed by atoms with E-state index in [0.717, 1.165) is 31.5 Å². The van der Waals surface area contributed by atoms with Gasteiger partial charge in [0.25, 0.3) is 5.91 Å². The number of methoxy groups -OCH3 is 2. The van der Waals surface area contributed by atoms with Gasteiger partial charge in [-0.3, -0.25) is 4.79 Å². The van der Waals surface area contributed by atoms with Crippen LogP contribution in [-0.2, 0) is 16.1 Å². The second kappa shape index (κ2) is 9.49. The third-order valence-corrected chi connectivity index (χ3v) is 4.11. The minimum absolute atomic E-state index is 0.0358. The number of ether oxygens (including phenoxy) is 3. The van der Waals surface area contributed by atoms with E-state index >= 15 is 0 Å². The monoisotopic (exact) mass is 336 g/mol. The first-order valence-corrected chi connectivity index (χ1v) is 8.44. The topological polar surface area (TPSA) is 60.0 Å². The summed E-state index contributed by atoms with van der Waals surface area (Å²) in [6.45, 7) is 5.18. The maximum Gasteiger partial charge on any atom is 0.260 e. The first kappa shape index (κ1) is 18.5. The molecule has 1 unspecified atom stereocenters. The van der Waals surface area contributed by atoms with Crippen LogP contribution >= 0.6 is 0 Å². The molecule has 1 fully saturated rings. The van der Waals surface area contributed by atoms with Gasteiger partial charge >= 0.3 is 0 Å². The van der Waals surface area contributed by atoms with Crippen molar-refractivity contribution >= 4 is 5.91 Å². The molecule has 0 aliphatic carbocycles. The molecule has 0 radical (unpaired) electrons. The highest BCUT2D eigenvalue weighted by Gasteiger charge is 2.18. The Morgan fingerprint density at radius 2 is 2.00 bits per heavy atom. The Morgan fingerprint density at radius 1 is 1.25 bits per heavy atom. The summed E-state index contributed by atoms with van der Waals surface area (Å²) < 4.78 is 16.2. The number of carbonyl (C=O) groups excluding carboxylic acids is 1. The lowest BCUT2D eigenvalue weighted by Crippen LogP contribution is -2.32. The quantitative estimate of drug-likeness (QED) is 0.745. The van der Waals surface area contributed by atoms with E-state index in [1.807, 2.05) is 23.1 Å². The smallest absolute Gasteiger partial charge is 0.260 e. The SMILES string of the molecule is COCC(C)NCc1ccc(OCC(=O)N2CCCC2)c(OC)c1. The minimum atomic E-state index is 0.0358. The van der Waals surface area contributed by atoms with Crippen LogP contribution in [0.5, 0.6) is 11.5 Å². The Kier molecular flexibility index (Phi) is 7.34. The summed E-state index contributed by atoms with van der Waals surface area (Å²) in [5.74, 6) is 1.27. The molecule has 1 aromatic carbocycles. The zero-order chi connectivity index (χ0) is 17.4. The summed E-state index contributed by atoms with van der Waals surface area (Å²) in [5, 5.41) is 3.38. The van der Waals surface area contributed by atoms with Crippen LogP contribution in [0.4, 0.5) is 0 Å². The van der Waals surface area contributed by atoms with Crippen LogP contribution < -0.4 is 14.8 Å². The van der Waals surface area contributed by atoms with Crippen molar-refractivity contribution in [3.63, 3.8) is 0 Å². The van der Waals surface area contributed by atoms with Crippen LogP contribution in [-0.4, -0.2) is 57.4 Å². The molecule has 1 saturated heterocycles. The van der Waals surface area contributed by atoms with Crippen molar-refractivity contribution < 1.29 is 19.0 Å². The Morgan fingerprint density at radius 3 is 2.67 bits per heavy atom.